The molecule has 30 heavy (non-hydrogen) atoms. The molecule has 6 heteroatoms. The Morgan fingerprint density at radius 3 is 2.53 bits per heavy atom. The number of rotatable bonds is 6. The van der Waals surface area contributed by atoms with Crippen molar-refractivity contribution in [2.24, 2.45) is 0 Å². The third kappa shape index (κ3) is 4.38. The first-order chi connectivity index (χ1) is 14.6. The van der Waals surface area contributed by atoms with Crippen molar-refractivity contribution in [1.29, 1.82) is 0 Å². The minimum absolute atomic E-state index is 0.107. The molecule has 4 rings (SSSR count). The highest BCUT2D eigenvalue weighted by Gasteiger charge is 2.22. The molecule has 0 atom stereocenters. The lowest BCUT2D eigenvalue weighted by Crippen LogP contribution is -2.37. The number of benzene rings is 2. The standard InChI is InChI=1S/C24H21N3O3/c1-17-14-21(20-11-5-6-12-22(20)25-17)24(29)27(15-19-10-7-13-30-19)16-23(28)26-18-8-3-2-4-9-18/h2-14H,15-16H2,1H3,(H,26,28). The SMILES string of the molecule is Cc1cc(C(=O)N(CC(=O)Nc2ccccc2)Cc2ccco2)c2ccccc2n1. The molecule has 2 aromatic carbocycles. The van der Waals surface area contributed by atoms with Gasteiger partial charge in [0.15, 0.2) is 0 Å². The van der Waals surface area contributed by atoms with Crippen LogP contribution in [0.15, 0.2) is 83.5 Å². The van der Waals surface area contributed by atoms with Gasteiger partial charge in [-0.3, -0.25) is 14.6 Å². The Kier molecular flexibility index (Phi) is 5.57. The molecular formula is C24H21N3O3. The van der Waals surface area contributed by atoms with Gasteiger partial charge in [-0.2, -0.15) is 0 Å². The number of carbonyl (C=O) groups is 2. The molecule has 1 N–H and O–H groups in total. The molecule has 2 heterocycles. The van der Waals surface area contributed by atoms with Crippen molar-refractivity contribution in [1.82, 2.24) is 9.88 Å². The highest BCUT2D eigenvalue weighted by atomic mass is 16.3. The summed E-state index contributed by atoms with van der Waals surface area (Å²) in [5.41, 5.74) is 2.67. The van der Waals surface area contributed by atoms with E-state index in [0.29, 0.717) is 17.0 Å². The summed E-state index contributed by atoms with van der Waals surface area (Å²) in [5.74, 6) is 0.0680. The van der Waals surface area contributed by atoms with Gasteiger partial charge in [0, 0.05) is 16.8 Å². The zero-order valence-electron chi connectivity index (χ0n) is 16.5. The molecule has 0 aliphatic carbocycles. The third-order valence-corrected chi connectivity index (χ3v) is 4.68. The average molecular weight is 399 g/mol. The monoisotopic (exact) mass is 399 g/mol. The Hall–Kier alpha value is -3.93. The summed E-state index contributed by atoms with van der Waals surface area (Å²) >= 11 is 0. The molecule has 0 unspecified atom stereocenters. The number of aryl methyl sites for hydroxylation is 1. The highest BCUT2D eigenvalue weighted by Crippen LogP contribution is 2.21. The Labute approximate surface area is 174 Å². The number of nitrogens with zero attached hydrogens (tertiary/aromatic N) is 2. The van der Waals surface area contributed by atoms with Crippen LogP contribution in [0, 0.1) is 6.92 Å². The van der Waals surface area contributed by atoms with E-state index < -0.39 is 0 Å². The van der Waals surface area contributed by atoms with Gasteiger partial charge in [-0.05, 0) is 43.3 Å². The number of hydrogen-bond donors (Lipinski definition) is 1. The van der Waals surface area contributed by atoms with Gasteiger partial charge in [0.25, 0.3) is 5.91 Å². The molecule has 0 saturated heterocycles. The molecule has 0 bridgehead atoms. The molecule has 0 aliphatic rings. The minimum Gasteiger partial charge on any atom is -0.467 e. The van der Waals surface area contributed by atoms with Crippen molar-refractivity contribution in [2.45, 2.75) is 13.5 Å². The smallest absolute Gasteiger partial charge is 0.255 e. The number of fused-ring (bicyclic) bond motifs is 1. The van der Waals surface area contributed by atoms with E-state index in [2.05, 4.69) is 10.3 Å². The number of nitrogens with one attached hydrogen (secondary N) is 1. The maximum atomic E-state index is 13.5. The van der Waals surface area contributed by atoms with Crippen LogP contribution in [0.1, 0.15) is 21.8 Å². The van der Waals surface area contributed by atoms with Crippen LogP contribution in [0.5, 0.6) is 0 Å². The van der Waals surface area contributed by atoms with E-state index in [-0.39, 0.29) is 24.9 Å². The molecule has 4 aromatic rings. The maximum Gasteiger partial charge on any atom is 0.255 e. The molecule has 0 fully saturated rings. The van der Waals surface area contributed by atoms with E-state index in [1.807, 2.05) is 49.4 Å². The second-order valence-corrected chi connectivity index (χ2v) is 6.98. The summed E-state index contributed by atoms with van der Waals surface area (Å²) in [6.07, 6.45) is 1.55. The molecule has 2 aromatic heterocycles. The van der Waals surface area contributed by atoms with Crippen LogP contribution in [-0.4, -0.2) is 28.2 Å². The Morgan fingerprint density at radius 1 is 1.00 bits per heavy atom. The van der Waals surface area contributed by atoms with Gasteiger partial charge in [-0.25, -0.2) is 0 Å². The summed E-state index contributed by atoms with van der Waals surface area (Å²) in [7, 11) is 0. The summed E-state index contributed by atoms with van der Waals surface area (Å²) in [6.45, 7) is 1.93. The molecule has 0 saturated carbocycles. The molecule has 0 aliphatic heterocycles. The zero-order valence-corrected chi connectivity index (χ0v) is 16.5. The first kappa shape index (κ1) is 19.4. The van der Waals surface area contributed by atoms with Crippen molar-refractivity contribution in [2.75, 3.05) is 11.9 Å². The van der Waals surface area contributed by atoms with Gasteiger partial charge < -0.3 is 14.6 Å². The van der Waals surface area contributed by atoms with Gasteiger partial charge in [0.05, 0.1) is 23.9 Å². The molecular weight excluding hydrogens is 378 g/mol. The van der Waals surface area contributed by atoms with E-state index in [0.717, 1.165) is 16.6 Å². The summed E-state index contributed by atoms with van der Waals surface area (Å²) < 4.78 is 5.42. The third-order valence-electron chi connectivity index (χ3n) is 4.68. The number of carbonyl (C=O) groups excluding carboxylic acids is 2. The van der Waals surface area contributed by atoms with E-state index in [9.17, 15) is 9.59 Å². The maximum absolute atomic E-state index is 13.5. The van der Waals surface area contributed by atoms with Crippen molar-refractivity contribution >= 4 is 28.4 Å². The quantitative estimate of drug-likeness (QED) is 0.521. The molecule has 6 nitrogen and oxygen atoms in total. The fraction of sp³-hybridized carbons (Fsp3) is 0.125. The predicted molar refractivity (Wildman–Crippen MR) is 115 cm³/mol. The van der Waals surface area contributed by atoms with Crippen molar-refractivity contribution < 1.29 is 14.0 Å². The van der Waals surface area contributed by atoms with E-state index in [1.165, 1.54) is 4.90 Å². The number of furan rings is 1. The number of aromatic nitrogens is 1. The van der Waals surface area contributed by atoms with Gasteiger partial charge >= 0.3 is 0 Å². The van der Waals surface area contributed by atoms with Crippen LogP contribution >= 0.6 is 0 Å². The van der Waals surface area contributed by atoms with Crippen LogP contribution in [0.25, 0.3) is 10.9 Å². The lowest BCUT2D eigenvalue weighted by Gasteiger charge is -2.22. The largest absolute Gasteiger partial charge is 0.467 e. The summed E-state index contributed by atoms with van der Waals surface area (Å²) in [4.78, 5) is 32.2. The van der Waals surface area contributed by atoms with Crippen LogP contribution < -0.4 is 5.32 Å². The molecule has 0 spiro atoms. The fourth-order valence-corrected chi connectivity index (χ4v) is 3.34. The normalized spacial score (nSPS) is 10.7. The summed E-state index contributed by atoms with van der Waals surface area (Å²) in [5, 5.41) is 3.58. The van der Waals surface area contributed by atoms with E-state index in [1.54, 1.807) is 36.6 Å². The second-order valence-electron chi connectivity index (χ2n) is 6.98. The number of anilines is 1. The molecule has 150 valence electrons. The van der Waals surface area contributed by atoms with Crippen LogP contribution in [0.3, 0.4) is 0 Å². The average Bonchev–Trinajstić information content (AvgIpc) is 3.26. The number of para-hydroxylation sites is 2. The minimum atomic E-state index is -0.281. The highest BCUT2D eigenvalue weighted by molar-refractivity contribution is 6.07. The lowest BCUT2D eigenvalue weighted by atomic mass is 10.1. The Balaban J connectivity index is 1.64. The summed E-state index contributed by atoms with van der Waals surface area (Å²) in [6, 6.07) is 22.0. The Morgan fingerprint density at radius 2 is 1.77 bits per heavy atom. The van der Waals surface area contributed by atoms with Gasteiger partial charge in [-0.1, -0.05) is 36.4 Å². The van der Waals surface area contributed by atoms with Crippen molar-refractivity contribution in [3.63, 3.8) is 0 Å². The topological polar surface area (TPSA) is 75.4 Å². The van der Waals surface area contributed by atoms with Gasteiger partial charge in [0.2, 0.25) is 5.91 Å². The Bertz CT molecular complexity index is 1170. The molecule has 0 radical (unpaired) electrons. The van der Waals surface area contributed by atoms with Crippen LogP contribution in [-0.2, 0) is 11.3 Å². The number of hydrogen-bond acceptors (Lipinski definition) is 4. The van der Waals surface area contributed by atoms with E-state index in [4.69, 9.17) is 4.42 Å². The first-order valence-corrected chi connectivity index (χ1v) is 9.63. The van der Waals surface area contributed by atoms with Crippen molar-refractivity contribution in [3.8, 4) is 0 Å². The van der Waals surface area contributed by atoms with Crippen molar-refractivity contribution in [3.05, 3.63) is 96.1 Å². The number of amides is 2. The van der Waals surface area contributed by atoms with E-state index >= 15 is 0 Å². The lowest BCUT2D eigenvalue weighted by molar-refractivity contribution is -0.117. The number of pyridine rings is 1. The van der Waals surface area contributed by atoms with Crippen LogP contribution in [0.4, 0.5) is 5.69 Å². The predicted octanol–water partition coefficient (Wildman–Crippen LogP) is 4.42. The molecule has 2 amide bonds. The van der Waals surface area contributed by atoms with Gasteiger partial charge in [0.1, 0.15) is 12.3 Å². The fourth-order valence-electron chi connectivity index (χ4n) is 3.34. The van der Waals surface area contributed by atoms with Gasteiger partial charge in [-0.15, -0.1) is 0 Å². The first-order valence-electron chi connectivity index (χ1n) is 9.63. The zero-order chi connectivity index (χ0) is 20.9. The van der Waals surface area contributed by atoms with Crippen LogP contribution in [0.2, 0.25) is 0 Å². The second kappa shape index (κ2) is 8.61.